The molecule has 5 aliphatic rings. The van der Waals surface area contributed by atoms with Crippen LogP contribution >= 0.6 is 0 Å². The average Bonchev–Trinajstić information content (AvgIpc) is 2.86. The van der Waals surface area contributed by atoms with Gasteiger partial charge in [0, 0.05) is 24.7 Å². The van der Waals surface area contributed by atoms with Gasteiger partial charge in [-0.25, -0.2) is 9.97 Å². The molecule has 0 saturated heterocycles. The number of nitrogens with zero attached hydrogens (tertiary/aromatic N) is 4. The predicted molar refractivity (Wildman–Crippen MR) is 138 cm³/mol. The van der Waals surface area contributed by atoms with Crippen molar-refractivity contribution in [2.24, 2.45) is 23.2 Å². The summed E-state index contributed by atoms with van der Waals surface area (Å²) in [7, 11) is 2.03. The number of likely N-dealkylation sites (N-methyl/N-ethyl adjacent to an activating group) is 1. The molecule has 186 valence electrons. The first kappa shape index (κ1) is 23.0. The van der Waals surface area contributed by atoms with E-state index >= 15 is 0 Å². The summed E-state index contributed by atoms with van der Waals surface area (Å²) >= 11 is 0. The number of carbonyl (C=O) groups excluding carboxylic acids is 1. The van der Waals surface area contributed by atoms with Gasteiger partial charge in [0.05, 0.1) is 18.8 Å². The van der Waals surface area contributed by atoms with Crippen molar-refractivity contribution in [1.82, 2.24) is 19.8 Å². The zero-order valence-corrected chi connectivity index (χ0v) is 21.2. The molecule has 0 spiro atoms. The van der Waals surface area contributed by atoms with E-state index in [4.69, 9.17) is 0 Å². The number of nitrogens with one attached hydrogen (secondary N) is 1. The Balaban J connectivity index is 1.08. The summed E-state index contributed by atoms with van der Waals surface area (Å²) in [5.41, 5.74) is 3.93. The van der Waals surface area contributed by atoms with Crippen molar-refractivity contribution in [1.29, 1.82) is 0 Å². The number of hydrogen-bond donors (Lipinski definition) is 1. The molecule has 35 heavy (non-hydrogen) atoms. The molecule has 6 heteroatoms. The first-order chi connectivity index (χ1) is 17.0. The van der Waals surface area contributed by atoms with Gasteiger partial charge in [0.2, 0.25) is 5.91 Å². The van der Waals surface area contributed by atoms with Crippen LogP contribution in [-0.4, -0.2) is 52.4 Å². The summed E-state index contributed by atoms with van der Waals surface area (Å²) in [6, 6.07) is 10.6. The summed E-state index contributed by atoms with van der Waals surface area (Å²) < 4.78 is 0. The molecule has 7 rings (SSSR count). The topological polar surface area (TPSA) is 61.4 Å². The van der Waals surface area contributed by atoms with E-state index in [-0.39, 0.29) is 11.9 Å². The molecule has 1 atom stereocenters. The second kappa shape index (κ2) is 9.20. The molecule has 1 aromatic carbocycles. The van der Waals surface area contributed by atoms with Gasteiger partial charge in [-0.1, -0.05) is 30.3 Å². The van der Waals surface area contributed by atoms with E-state index in [0.29, 0.717) is 18.5 Å². The van der Waals surface area contributed by atoms with Crippen molar-refractivity contribution in [3.8, 4) is 0 Å². The summed E-state index contributed by atoms with van der Waals surface area (Å²) in [5.74, 6) is 4.06. The minimum absolute atomic E-state index is 0.169. The Bertz CT molecular complexity index is 1030. The molecular formula is C29H39N5O. The van der Waals surface area contributed by atoms with Crippen molar-refractivity contribution < 1.29 is 4.79 Å². The lowest BCUT2D eigenvalue weighted by molar-refractivity contribution is -0.133. The molecule has 4 bridgehead atoms. The molecular weight excluding hydrogens is 434 g/mol. The van der Waals surface area contributed by atoms with Gasteiger partial charge >= 0.3 is 0 Å². The third-order valence-corrected chi connectivity index (χ3v) is 9.48. The maximum Gasteiger partial charge on any atom is 0.237 e. The van der Waals surface area contributed by atoms with Gasteiger partial charge < -0.3 is 10.2 Å². The standard InChI is InChI=1S/C29H39N5O/c1-20(24-6-4-3-5-7-24)33(2)17-27(35)34-9-8-25-26(16-34)31-19-32-28(25)30-18-29-13-21-10-22(14-29)12-23(11-21)15-29/h3-7,19-23H,8-18H2,1-2H3,(H,30,31,32)/t20-,21?,22?,23?,29?/m0/s1. The average molecular weight is 474 g/mol. The van der Waals surface area contributed by atoms with Gasteiger partial charge in [-0.05, 0) is 87.6 Å². The molecule has 2 heterocycles. The van der Waals surface area contributed by atoms with Gasteiger partial charge in [-0.3, -0.25) is 9.69 Å². The fourth-order valence-electron chi connectivity index (χ4n) is 7.93. The van der Waals surface area contributed by atoms with E-state index in [1.54, 1.807) is 6.33 Å². The Morgan fingerprint density at radius 2 is 1.80 bits per heavy atom. The van der Waals surface area contributed by atoms with Crippen LogP contribution < -0.4 is 5.32 Å². The van der Waals surface area contributed by atoms with Crippen LogP contribution in [0.25, 0.3) is 0 Å². The zero-order chi connectivity index (χ0) is 24.0. The lowest BCUT2D eigenvalue weighted by Gasteiger charge is -2.57. The molecule has 0 unspecified atom stereocenters. The highest BCUT2D eigenvalue weighted by Crippen LogP contribution is 2.59. The maximum absolute atomic E-state index is 13.1. The van der Waals surface area contributed by atoms with Crippen LogP contribution in [-0.2, 0) is 17.8 Å². The largest absolute Gasteiger partial charge is 0.369 e. The first-order valence-corrected chi connectivity index (χ1v) is 13.6. The van der Waals surface area contributed by atoms with E-state index in [1.165, 1.54) is 49.7 Å². The van der Waals surface area contributed by atoms with Crippen LogP contribution in [0.3, 0.4) is 0 Å². The SMILES string of the molecule is C[C@@H](c1ccccc1)N(C)CC(=O)N1CCc2c(ncnc2NCC23CC4CC(CC(C4)C2)C3)C1. The number of anilines is 1. The minimum Gasteiger partial charge on any atom is -0.369 e. The zero-order valence-electron chi connectivity index (χ0n) is 21.2. The summed E-state index contributed by atoms with van der Waals surface area (Å²) in [5, 5.41) is 3.78. The Morgan fingerprint density at radius 3 is 2.49 bits per heavy atom. The predicted octanol–water partition coefficient (Wildman–Crippen LogP) is 4.68. The Hall–Kier alpha value is -2.47. The van der Waals surface area contributed by atoms with Crippen LogP contribution in [0.2, 0.25) is 0 Å². The number of fused-ring (bicyclic) bond motifs is 1. The van der Waals surface area contributed by atoms with Gasteiger partial charge in [0.15, 0.2) is 0 Å². The monoisotopic (exact) mass is 473 g/mol. The Labute approximate surface area is 209 Å². The smallest absolute Gasteiger partial charge is 0.237 e. The van der Waals surface area contributed by atoms with Crippen molar-refractivity contribution in [2.45, 2.75) is 64.5 Å². The molecule has 1 N–H and O–H groups in total. The van der Waals surface area contributed by atoms with Crippen LogP contribution in [0.1, 0.15) is 68.3 Å². The molecule has 1 aromatic heterocycles. The van der Waals surface area contributed by atoms with E-state index in [2.05, 4.69) is 51.4 Å². The fraction of sp³-hybridized carbons (Fsp3) is 0.621. The van der Waals surface area contributed by atoms with Crippen LogP contribution in [0.5, 0.6) is 0 Å². The highest BCUT2D eigenvalue weighted by Gasteiger charge is 2.50. The van der Waals surface area contributed by atoms with Crippen LogP contribution in [0.4, 0.5) is 5.82 Å². The van der Waals surface area contributed by atoms with E-state index in [9.17, 15) is 4.79 Å². The highest BCUT2D eigenvalue weighted by atomic mass is 16.2. The lowest BCUT2D eigenvalue weighted by Crippen LogP contribution is -2.49. The van der Waals surface area contributed by atoms with Crippen molar-refractivity contribution in [2.75, 3.05) is 32.0 Å². The second-order valence-electron chi connectivity index (χ2n) is 12.0. The second-order valence-corrected chi connectivity index (χ2v) is 12.0. The summed E-state index contributed by atoms with van der Waals surface area (Å²) in [6.45, 7) is 4.93. The van der Waals surface area contributed by atoms with E-state index < -0.39 is 0 Å². The quantitative estimate of drug-likeness (QED) is 0.633. The van der Waals surface area contributed by atoms with Crippen molar-refractivity contribution in [3.63, 3.8) is 0 Å². The maximum atomic E-state index is 13.1. The van der Waals surface area contributed by atoms with Gasteiger partial charge in [0.1, 0.15) is 12.1 Å². The van der Waals surface area contributed by atoms with E-state index in [0.717, 1.165) is 48.8 Å². The number of amides is 1. The molecule has 4 saturated carbocycles. The van der Waals surface area contributed by atoms with Crippen molar-refractivity contribution >= 4 is 11.7 Å². The van der Waals surface area contributed by atoms with Gasteiger partial charge in [0.25, 0.3) is 0 Å². The minimum atomic E-state index is 0.169. The Morgan fingerprint density at radius 1 is 1.11 bits per heavy atom. The van der Waals surface area contributed by atoms with Crippen LogP contribution in [0, 0.1) is 23.2 Å². The third-order valence-electron chi connectivity index (χ3n) is 9.48. The van der Waals surface area contributed by atoms with Gasteiger partial charge in [-0.15, -0.1) is 0 Å². The Kier molecular flexibility index (Phi) is 6.03. The molecule has 1 amide bonds. The number of benzene rings is 1. The van der Waals surface area contributed by atoms with Crippen molar-refractivity contribution in [3.05, 3.63) is 53.5 Å². The van der Waals surface area contributed by atoms with E-state index in [1.807, 2.05) is 18.0 Å². The summed E-state index contributed by atoms with van der Waals surface area (Å²) in [6.07, 6.45) is 11.1. The normalized spacial score (nSPS) is 29.8. The molecule has 2 aromatic rings. The van der Waals surface area contributed by atoms with Gasteiger partial charge in [-0.2, -0.15) is 0 Å². The summed E-state index contributed by atoms with van der Waals surface area (Å²) in [4.78, 5) is 26.5. The molecule has 0 radical (unpaired) electrons. The number of rotatable bonds is 7. The highest BCUT2D eigenvalue weighted by molar-refractivity contribution is 5.78. The molecule has 4 aliphatic carbocycles. The molecule has 6 nitrogen and oxygen atoms in total. The lowest BCUT2D eigenvalue weighted by atomic mass is 9.49. The third kappa shape index (κ3) is 4.57. The fourth-order valence-corrected chi connectivity index (χ4v) is 7.93. The first-order valence-electron chi connectivity index (χ1n) is 13.6. The number of hydrogen-bond acceptors (Lipinski definition) is 5. The van der Waals surface area contributed by atoms with Crippen LogP contribution in [0.15, 0.2) is 36.7 Å². The molecule has 1 aliphatic heterocycles. The number of carbonyl (C=O) groups is 1. The number of aromatic nitrogens is 2. The molecule has 4 fully saturated rings.